The Morgan fingerprint density at radius 3 is 2.93 bits per heavy atom. The van der Waals surface area contributed by atoms with Gasteiger partial charge in [0.15, 0.2) is 0 Å². The van der Waals surface area contributed by atoms with E-state index in [9.17, 15) is 0 Å². The summed E-state index contributed by atoms with van der Waals surface area (Å²) in [6.07, 6.45) is 7.81. The van der Waals surface area contributed by atoms with Crippen molar-refractivity contribution >= 4 is 28.7 Å². The molecule has 0 amide bonds. The molecule has 2 aliphatic rings. The molecular formula is C22H20ClN5. The lowest BCUT2D eigenvalue weighted by atomic mass is 10.1. The number of aromatic nitrogens is 3. The van der Waals surface area contributed by atoms with Gasteiger partial charge >= 0.3 is 0 Å². The molecule has 0 saturated heterocycles. The van der Waals surface area contributed by atoms with E-state index >= 15 is 0 Å². The fourth-order valence-electron chi connectivity index (χ4n) is 3.92. The predicted octanol–water partition coefficient (Wildman–Crippen LogP) is 4.74. The number of halogens is 1. The third-order valence-corrected chi connectivity index (χ3v) is 5.69. The molecule has 0 fully saturated rings. The van der Waals surface area contributed by atoms with Crippen molar-refractivity contribution in [2.24, 2.45) is 0 Å². The molecule has 6 heteroatoms. The molecule has 0 radical (unpaired) electrons. The molecule has 2 aliphatic heterocycles. The molecule has 1 unspecified atom stereocenters. The first-order chi connectivity index (χ1) is 13.6. The Labute approximate surface area is 168 Å². The fourth-order valence-corrected chi connectivity index (χ4v) is 4.18. The van der Waals surface area contributed by atoms with Gasteiger partial charge in [-0.15, -0.1) is 0 Å². The molecular weight excluding hydrogens is 370 g/mol. The lowest BCUT2D eigenvalue weighted by molar-refractivity contribution is 0.348. The molecule has 140 valence electrons. The zero-order valence-electron chi connectivity index (χ0n) is 15.8. The monoisotopic (exact) mass is 389 g/mol. The maximum absolute atomic E-state index is 6.46. The number of hydrogen-bond acceptors (Lipinski definition) is 5. The topological polar surface area (TPSA) is 53.9 Å². The van der Waals surface area contributed by atoms with E-state index in [1.807, 2.05) is 37.4 Å². The van der Waals surface area contributed by atoms with Crippen LogP contribution in [0.4, 0.5) is 0 Å². The van der Waals surface area contributed by atoms with Crippen LogP contribution >= 0.6 is 11.6 Å². The molecule has 0 spiro atoms. The minimum Gasteiger partial charge on any atom is -0.363 e. The van der Waals surface area contributed by atoms with Gasteiger partial charge in [-0.2, -0.15) is 0 Å². The number of aryl methyl sites for hydroxylation is 2. The highest BCUT2D eigenvalue weighted by atomic mass is 35.5. The summed E-state index contributed by atoms with van der Waals surface area (Å²) in [6.45, 7) is 4.11. The normalized spacial score (nSPS) is 17.7. The summed E-state index contributed by atoms with van der Waals surface area (Å²) in [6, 6.07) is 10.0. The Kier molecular flexibility index (Phi) is 4.05. The summed E-state index contributed by atoms with van der Waals surface area (Å²) in [5.41, 5.74) is 8.23. The number of fused-ring (bicyclic) bond motifs is 4. The number of rotatable bonds is 3. The van der Waals surface area contributed by atoms with Gasteiger partial charge in [-0.1, -0.05) is 17.7 Å². The molecule has 1 N–H and O–H groups in total. The van der Waals surface area contributed by atoms with E-state index in [2.05, 4.69) is 45.5 Å². The van der Waals surface area contributed by atoms with Gasteiger partial charge in [0.2, 0.25) is 0 Å². The van der Waals surface area contributed by atoms with E-state index in [1.165, 1.54) is 17.0 Å². The molecule has 1 atom stereocenters. The van der Waals surface area contributed by atoms with Crippen LogP contribution in [-0.4, -0.2) is 19.9 Å². The SMILES string of the molecule is CC1=C(CCc2cc(Cl)c3nc(C)ccc3n2)NC2c3cccnc3C=CN12. The van der Waals surface area contributed by atoms with Crippen molar-refractivity contribution < 1.29 is 0 Å². The molecule has 5 heterocycles. The van der Waals surface area contributed by atoms with Crippen molar-refractivity contribution in [2.75, 3.05) is 0 Å². The molecule has 5 rings (SSSR count). The van der Waals surface area contributed by atoms with Crippen molar-refractivity contribution in [1.29, 1.82) is 0 Å². The average Bonchev–Trinajstić information content (AvgIpc) is 3.03. The maximum Gasteiger partial charge on any atom is 0.131 e. The van der Waals surface area contributed by atoms with Crippen LogP contribution < -0.4 is 5.32 Å². The van der Waals surface area contributed by atoms with Crippen LogP contribution in [0, 0.1) is 6.92 Å². The number of hydrogen-bond donors (Lipinski definition) is 1. The summed E-state index contributed by atoms with van der Waals surface area (Å²) in [4.78, 5) is 16.0. The van der Waals surface area contributed by atoms with E-state index in [1.54, 1.807) is 0 Å². The van der Waals surface area contributed by atoms with E-state index in [0.717, 1.165) is 41.0 Å². The van der Waals surface area contributed by atoms with Gasteiger partial charge in [0.1, 0.15) is 11.7 Å². The highest BCUT2D eigenvalue weighted by Crippen LogP contribution is 2.37. The second kappa shape index (κ2) is 6.60. The van der Waals surface area contributed by atoms with Gasteiger partial charge in [-0.25, -0.2) is 4.98 Å². The smallest absolute Gasteiger partial charge is 0.131 e. The molecule has 0 saturated carbocycles. The van der Waals surface area contributed by atoms with Crippen LogP contribution in [0.1, 0.15) is 42.2 Å². The zero-order valence-corrected chi connectivity index (χ0v) is 16.5. The quantitative estimate of drug-likeness (QED) is 0.701. The Morgan fingerprint density at radius 2 is 2.04 bits per heavy atom. The second-order valence-electron chi connectivity index (χ2n) is 7.23. The fraction of sp³-hybridized carbons (Fsp3) is 0.227. The van der Waals surface area contributed by atoms with Crippen molar-refractivity contribution in [1.82, 2.24) is 25.2 Å². The summed E-state index contributed by atoms with van der Waals surface area (Å²) < 4.78 is 0. The summed E-state index contributed by atoms with van der Waals surface area (Å²) >= 11 is 6.46. The standard InChI is InChI=1S/C22H20ClN5/c1-13-5-7-20-21(25-13)17(23)12-15(26-20)6-8-18-14(2)28-11-9-19-16(22(28)27-18)4-3-10-24-19/h3-5,7,9-12,22,27H,6,8H2,1-2H3. The van der Waals surface area contributed by atoms with Crippen LogP contribution in [0.2, 0.25) is 5.02 Å². The Bertz CT molecular complexity index is 1150. The third-order valence-electron chi connectivity index (χ3n) is 5.40. The maximum atomic E-state index is 6.46. The zero-order chi connectivity index (χ0) is 19.3. The molecule has 0 aromatic carbocycles. The predicted molar refractivity (Wildman–Crippen MR) is 111 cm³/mol. The highest BCUT2D eigenvalue weighted by molar-refractivity contribution is 6.34. The Hall–Kier alpha value is -2.92. The van der Waals surface area contributed by atoms with Gasteiger partial charge in [0.05, 0.1) is 16.2 Å². The van der Waals surface area contributed by atoms with Crippen LogP contribution in [0.3, 0.4) is 0 Å². The third kappa shape index (κ3) is 2.83. The minimum atomic E-state index is 0.115. The summed E-state index contributed by atoms with van der Waals surface area (Å²) in [5, 5.41) is 4.33. The largest absolute Gasteiger partial charge is 0.363 e. The molecule has 3 aromatic rings. The number of pyridine rings is 3. The first-order valence-electron chi connectivity index (χ1n) is 9.41. The molecule has 5 nitrogen and oxygen atoms in total. The molecule has 0 bridgehead atoms. The van der Waals surface area contributed by atoms with Gasteiger partial charge in [0.25, 0.3) is 0 Å². The minimum absolute atomic E-state index is 0.115. The van der Waals surface area contributed by atoms with E-state index in [0.29, 0.717) is 5.02 Å². The first kappa shape index (κ1) is 17.2. The first-order valence-corrected chi connectivity index (χ1v) is 9.78. The van der Waals surface area contributed by atoms with Gasteiger partial charge < -0.3 is 10.2 Å². The Morgan fingerprint density at radius 1 is 1.14 bits per heavy atom. The average molecular weight is 390 g/mol. The van der Waals surface area contributed by atoms with Crippen LogP contribution in [0.25, 0.3) is 17.1 Å². The van der Waals surface area contributed by atoms with Gasteiger partial charge in [0, 0.05) is 40.7 Å². The summed E-state index contributed by atoms with van der Waals surface area (Å²) in [5.74, 6) is 0. The van der Waals surface area contributed by atoms with E-state index in [4.69, 9.17) is 16.6 Å². The molecule has 0 aliphatic carbocycles. The number of nitrogens with one attached hydrogen (secondary N) is 1. The highest BCUT2D eigenvalue weighted by Gasteiger charge is 2.32. The van der Waals surface area contributed by atoms with E-state index in [-0.39, 0.29) is 6.17 Å². The van der Waals surface area contributed by atoms with Gasteiger partial charge in [-0.3, -0.25) is 9.97 Å². The van der Waals surface area contributed by atoms with Crippen molar-refractivity contribution in [3.63, 3.8) is 0 Å². The van der Waals surface area contributed by atoms with Crippen LogP contribution in [0.5, 0.6) is 0 Å². The molecule has 3 aromatic heterocycles. The molecule has 28 heavy (non-hydrogen) atoms. The lowest BCUT2D eigenvalue weighted by Crippen LogP contribution is -2.28. The Balaban J connectivity index is 1.38. The van der Waals surface area contributed by atoms with Crippen molar-refractivity contribution in [2.45, 2.75) is 32.9 Å². The second-order valence-corrected chi connectivity index (χ2v) is 7.63. The van der Waals surface area contributed by atoms with Crippen LogP contribution in [-0.2, 0) is 6.42 Å². The lowest BCUT2D eigenvalue weighted by Gasteiger charge is -2.29. The van der Waals surface area contributed by atoms with Gasteiger partial charge in [-0.05, 0) is 57.0 Å². The number of nitrogens with zero attached hydrogens (tertiary/aromatic N) is 4. The summed E-state index contributed by atoms with van der Waals surface area (Å²) in [7, 11) is 0. The van der Waals surface area contributed by atoms with Crippen molar-refractivity contribution in [3.05, 3.63) is 81.8 Å². The number of allylic oxidation sites excluding steroid dienone is 2. The van der Waals surface area contributed by atoms with Crippen molar-refractivity contribution in [3.8, 4) is 0 Å². The van der Waals surface area contributed by atoms with Crippen LogP contribution in [0.15, 0.2) is 54.1 Å². The van der Waals surface area contributed by atoms with E-state index < -0.39 is 0 Å².